The smallest absolute Gasteiger partial charge is 0.0681 e. The van der Waals surface area contributed by atoms with E-state index in [1.165, 1.54) is 18.4 Å². The Morgan fingerprint density at radius 3 is 2.33 bits per heavy atom. The van der Waals surface area contributed by atoms with Gasteiger partial charge in [-0.2, -0.15) is 0 Å². The van der Waals surface area contributed by atoms with E-state index in [4.69, 9.17) is 5.11 Å². The van der Waals surface area contributed by atoms with Gasteiger partial charge >= 0.3 is 0 Å². The highest BCUT2D eigenvalue weighted by molar-refractivity contribution is 5.21. The quantitative estimate of drug-likeness (QED) is 0.788. The van der Waals surface area contributed by atoms with Crippen LogP contribution >= 0.6 is 0 Å². The first-order chi connectivity index (χ1) is 7.28. The minimum atomic E-state index is 0.133. The Bertz CT molecular complexity index is 301. The highest BCUT2D eigenvalue weighted by Gasteiger charge is 2.24. The molecule has 1 saturated carbocycles. The highest BCUT2D eigenvalue weighted by atomic mass is 16.3. The molecule has 0 bridgehead atoms. The van der Waals surface area contributed by atoms with E-state index in [-0.39, 0.29) is 6.61 Å². The number of benzene rings is 1. The van der Waals surface area contributed by atoms with Crippen molar-refractivity contribution in [3.05, 3.63) is 35.4 Å². The molecule has 0 aromatic heterocycles. The zero-order chi connectivity index (χ0) is 10.7. The summed E-state index contributed by atoms with van der Waals surface area (Å²) < 4.78 is 0. The molecule has 0 spiro atoms. The van der Waals surface area contributed by atoms with E-state index in [0.717, 1.165) is 24.1 Å². The Labute approximate surface area is 91.3 Å². The lowest BCUT2D eigenvalue weighted by molar-refractivity contribution is 0.240. The Balaban J connectivity index is 1.78. The lowest BCUT2D eigenvalue weighted by Gasteiger charge is -2.33. The topological polar surface area (TPSA) is 32.3 Å². The average molecular weight is 205 g/mol. The van der Waals surface area contributed by atoms with Crippen molar-refractivity contribution in [2.24, 2.45) is 5.92 Å². The van der Waals surface area contributed by atoms with E-state index in [1.807, 2.05) is 12.1 Å². The Hall–Kier alpha value is -0.860. The second-order valence-electron chi connectivity index (χ2n) is 4.63. The standard InChI is InChI=1S/C13H19NO/c1-10-6-13(7-10)14-8-11-2-4-12(9-15)5-3-11/h2-5,10,13-15H,6-9H2,1H3. The lowest BCUT2D eigenvalue weighted by Crippen LogP contribution is -2.39. The molecular formula is C13H19NO. The van der Waals surface area contributed by atoms with Crippen LogP contribution in [0.3, 0.4) is 0 Å². The average Bonchev–Trinajstić information content (AvgIpc) is 2.23. The SMILES string of the molecule is CC1CC(NCc2ccc(CO)cc2)C1. The number of rotatable bonds is 4. The summed E-state index contributed by atoms with van der Waals surface area (Å²) in [6.45, 7) is 3.38. The summed E-state index contributed by atoms with van der Waals surface area (Å²) in [4.78, 5) is 0. The molecule has 1 fully saturated rings. The molecule has 0 radical (unpaired) electrons. The lowest BCUT2D eigenvalue weighted by atomic mass is 9.82. The van der Waals surface area contributed by atoms with Crippen molar-refractivity contribution < 1.29 is 5.11 Å². The molecule has 2 N–H and O–H groups in total. The van der Waals surface area contributed by atoms with Crippen molar-refractivity contribution in [2.75, 3.05) is 0 Å². The molecule has 0 unspecified atom stereocenters. The molecule has 0 atom stereocenters. The summed E-state index contributed by atoms with van der Waals surface area (Å²) in [5.74, 6) is 0.902. The zero-order valence-electron chi connectivity index (χ0n) is 9.24. The third kappa shape index (κ3) is 2.80. The van der Waals surface area contributed by atoms with Gasteiger partial charge in [0.1, 0.15) is 0 Å². The van der Waals surface area contributed by atoms with Crippen molar-refractivity contribution in [3.8, 4) is 0 Å². The Morgan fingerprint density at radius 2 is 1.80 bits per heavy atom. The largest absolute Gasteiger partial charge is 0.392 e. The predicted molar refractivity (Wildman–Crippen MR) is 61.4 cm³/mol. The normalized spacial score (nSPS) is 24.9. The van der Waals surface area contributed by atoms with Gasteiger partial charge in [0.05, 0.1) is 6.61 Å². The number of hydrogen-bond acceptors (Lipinski definition) is 2. The molecular weight excluding hydrogens is 186 g/mol. The van der Waals surface area contributed by atoms with E-state index in [1.54, 1.807) is 0 Å². The maximum atomic E-state index is 8.91. The predicted octanol–water partition coefficient (Wildman–Crippen LogP) is 2.07. The minimum Gasteiger partial charge on any atom is -0.392 e. The summed E-state index contributed by atoms with van der Waals surface area (Å²) >= 11 is 0. The molecule has 2 nitrogen and oxygen atoms in total. The van der Waals surface area contributed by atoms with Crippen molar-refractivity contribution in [2.45, 2.75) is 39.0 Å². The number of aliphatic hydroxyl groups excluding tert-OH is 1. The number of aliphatic hydroxyl groups is 1. The monoisotopic (exact) mass is 205 g/mol. The van der Waals surface area contributed by atoms with Crippen LogP contribution in [0.1, 0.15) is 30.9 Å². The van der Waals surface area contributed by atoms with Crippen LogP contribution in [-0.4, -0.2) is 11.1 Å². The van der Waals surface area contributed by atoms with Gasteiger partial charge in [-0.25, -0.2) is 0 Å². The van der Waals surface area contributed by atoms with Crippen molar-refractivity contribution >= 4 is 0 Å². The van der Waals surface area contributed by atoms with Gasteiger partial charge in [-0.15, -0.1) is 0 Å². The minimum absolute atomic E-state index is 0.133. The molecule has 1 aliphatic carbocycles. The van der Waals surface area contributed by atoms with Crippen LogP contribution in [0, 0.1) is 5.92 Å². The van der Waals surface area contributed by atoms with Crippen LogP contribution in [0.5, 0.6) is 0 Å². The number of hydrogen-bond donors (Lipinski definition) is 2. The molecule has 15 heavy (non-hydrogen) atoms. The Morgan fingerprint density at radius 1 is 1.20 bits per heavy atom. The van der Waals surface area contributed by atoms with E-state index in [9.17, 15) is 0 Å². The first kappa shape index (κ1) is 10.7. The summed E-state index contributed by atoms with van der Waals surface area (Å²) in [5, 5.41) is 12.4. The fourth-order valence-electron chi connectivity index (χ4n) is 2.09. The van der Waals surface area contributed by atoms with E-state index < -0.39 is 0 Å². The maximum absolute atomic E-state index is 8.91. The van der Waals surface area contributed by atoms with Crippen molar-refractivity contribution in [3.63, 3.8) is 0 Å². The van der Waals surface area contributed by atoms with E-state index in [0.29, 0.717) is 0 Å². The fraction of sp³-hybridized carbons (Fsp3) is 0.538. The molecule has 82 valence electrons. The molecule has 2 heteroatoms. The zero-order valence-corrected chi connectivity index (χ0v) is 9.24. The van der Waals surface area contributed by atoms with Gasteiger partial charge in [0.25, 0.3) is 0 Å². The van der Waals surface area contributed by atoms with Crippen LogP contribution < -0.4 is 5.32 Å². The van der Waals surface area contributed by atoms with Crippen molar-refractivity contribution in [1.82, 2.24) is 5.32 Å². The van der Waals surface area contributed by atoms with Gasteiger partial charge in [0, 0.05) is 12.6 Å². The van der Waals surface area contributed by atoms with Crippen LogP contribution in [-0.2, 0) is 13.2 Å². The highest BCUT2D eigenvalue weighted by Crippen LogP contribution is 2.26. The van der Waals surface area contributed by atoms with Crippen molar-refractivity contribution in [1.29, 1.82) is 0 Å². The second-order valence-corrected chi connectivity index (χ2v) is 4.63. The van der Waals surface area contributed by atoms with Crippen LogP contribution in [0.4, 0.5) is 0 Å². The van der Waals surface area contributed by atoms with Gasteiger partial charge < -0.3 is 10.4 Å². The van der Waals surface area contributed by atoms with Crippen LogP contribution in [0.2, 0.25) is 0 Å². The molecule has 0 aliphatic heterocycles. The third-order valence-corrected chi connectivity index (χ3v) is 3.17. The van der Waals surface area contributed by atoms with Gasteiger partial charge in [-0.05, 0) is 29.9 Å². The van der Waals surface area contributed by atoms with E-state index in [2.05, 4.69) is 24.4 Å². The summed E-state index contributed by atoms with van der Waals surface area (Å²) in [5.41, 5.74) is 2.28. The molecule has 2 rings (SSSR count). The van der Waals surface area contributed by atoms with Gasteiger partial charge in [-0.3, -0.25) is 0 Å². The molecule has 0 saturated heterocycles. The molecule has 1 aliphatic rings. The molecule has 1 aromatic rings. The number of nitrogens with one attached hydrogen (secondary N) is 1. The second kappa shape index (κ2) is 4.77. The maximum Gasteiger partial charge on any atom is 0.0681 e. The summed E-state index contributed by atoms with van der Waals surface area (Å²) in [6, 6.07) is 8.86. The van der Waals surface area contributed by atoms with Gasteiger partial charge in [0.15, 0.2) is 0 Å². The molecule has 1 aromatic carbocycles. The fourth-order valence-corrected chi connectivity index (χ4v) is 2.09. The first-order valence-corrected chi connectivity index (χ1v) is 5.70. The summed E-state index contributed by atoms with van der Waals surface area (Å²) in [7, 11) is 0. The van der Waals surface area contributed by atoms with E-state index >= 15 is 0 Å². The van der Waals surface area contributed by atoms with Crippen LogP contribution in [0.15, 0.2) is 24.3 Å². The first-order valence-electron chi connectivity index (χ1n) is 5.70. The Kier molecular flexibility index (Phi) is 3.39. The van der Waals surface area contributed by atoms with Gasteiger partial charge in [0.2, 0.25) is 0 Å². The van der Waals surface area contributed by atoms with Crippen LogP contribution in [0.25, 0.3) is 0 Å². The van der Waals surface area contributed by atoms with Gasteiger partial charge in [-0.1, -0.05) is 31.2 Å². The summed E-state index contributed by atoms with van der Waals surface area (Å²) in [6.07, 6.45) is 2.63. The third-order valence-electron chi connectivity index (χ3n) is 3.17. The molecule has 0 heterocycles. The molecule has 0 amide bonds.